The monoisotopic (exact) mass is 198 g/mol. The van der Waals surface area contributed by atoms with E-state index in [1.807, 2.05) is 0 Å². The van der Waals surface area contributed by atoms with Crippen LogP contribution in [-0.4, -0.2) is 31.2 Å². The molecule has 0 amide bonds. The van der Waals surface area contributed by atoms with Crippen LogP contribution in [0.15, 0.2) is 0 Å². The van der Waals surface area contributed by atoms with Gasteiger partial charge in [0.1, 0.15) is 0 Å². The van der Waals surface area contributed by atoms with Gasteiger partial charge in [0, 0.05) is 11.8 Å². The van der Waals surface area contributed by atoms with E-state index in [0.29, 0.717) is 0 Å². The van der Waals surface area contributed by atoms with Gasteiger partial charge in [-0.15, -0.1) is 0 Å². The van der Waals surface area contributed by atoms with Crippen molar-refractivity contribution < 1.29 is 14.2 Å². The zero-order valence-corrected chi connectivity index (χ0v) is 8.97. The summed E-state index contributed by atoms with van der Waals surface area (Å²) in [6.07, 6.45) is 3.15. The molecule has 0 N–H and O–H groups in total. The molecule has 2 aliphatic heterocycles. The molecule has 0 bridgehead atoms. The number of hydrogen-bond acceptors (Lipinski definition) is 3. The van der Waals surface area contributed by atoms with Crippen LogP contribution in [0.1, 0.15) is 33.1 Å². The van der Waals surface area contributed by atoms with E-state index in [0.717, 1.165) is 39.1 Å². The molecule has 80 valence electrons. The highest BCUT2D eigenvalue weighted by Crippen LogP contribution is 2.56. The predicted octanol–water partition coefficient (Wildman–Crippen LogP) is 1.71. The standard InChI is InChI=1S/C11H18O3/c1-9(2)7-10(8-14-10)3-4-11(9)12-5-6-13-11/h3-8H2,1-2H3. The molecule has 2 spiro atoms. The highest BCUT2D eigenvalue weighted by Gasteiger charge is 2.62. The van der Waals surface area contributed by atoms with Crippen LogP contribution in [0.2, 0.25) is 0 Å². The summed E-state index contributed by atoms with van der Waals surface area (Å²) < 4.78 is 17.2. The third-order valence-corrected chi connectivity index (χ3v) is 4.01. The Labute approximate surface area is 84.7 Å². The molecule has 0 aromatic rings. The molecule has 1 saturated carbocycles. The first-order chi connectivity index (χ1) is 6.58. The van der Waals surface area contributed by atoms with Gasteiger partial charge in [-0.05, 0) is 12.8 Å². The molecule has 3 heteroatoms. The lowest BCUT2D eigenvalue weighted by Gasteiger charge is -2.47. The van der Waals surface area contributed by atoms with Crippen LogP contribution in [0.5, 0.6) is 0 Å². The van der Waals surface area contributed by atoms with E-state index < -0.39 is 0 Å². The zero-order chi connectivity index (χ0) is 9.86. The Hall–Kier alpha value is -0.120. The quantitative estimate of drug-likeness (QED) is 0.555. The fraction of sp³-hybridized carbons (Fsp3) is 1.00. The molecule has 3 rings (SSSR count). The van der Waals surface area contributed by atoms with Crippen LogP contribution in [0.3, 0.4) is 0 Å². The molecule has 1 aliphatic carbocycles. The first-order valence-corrected chi connectivity index (χ1v) is 5.50. The second kappa shape index (κ2) is 2.52. The molecule has 0 aromatic carbocycles. The van der Waals surface area contributed by atoms with Gasteiger partial charge in [0.05, 0.1) is 25.4 Å². The summed E-state index contributed by atoms with van der Waals surface area (Å²) in [4.78, 5) is 0. The van der Waals surface area contributed by atoms with Crippen molar-refractivity contribution in [1.82, 2.24) is 0 Å². The van der Waals surface area contributed by atoms with Gasteiger partial charge in [-0.25, -0.2) is 0 Å². The van der Waals surface area contributed by atoms with Crippen LogP contribution in [0, 0.1) is 5.41 Å². The molecular formula is C11H18O3. The molecule has 3 aliphatic rings. The van der Waals surface area contributed by atoms with Crippen molar-refractivity contribution in [3.8, 4) is 0 Å². The van der Waals surface area contributed by atoms with Gasteiger partial charge in [0.25, 0.3) is 0 Å². The number of rotatable bonds is 0. The molecule has 1 unspecified atom stereocenters. The fourth-order valence-electron chi connectivity index (χ4n) is 3.10. The first kappa shape index (κ1) is 9.13. The van der Waals surface area contributed by atoms with Crippen LogP contribution in [0.4, 0.5) is 0 Å². The second-order valence-corrected chi connectivity index (χ2v) is 5.48. The van der Waals surface area contributed by atoms with Crippen molar-refractivity contribution in [3.05, 3.63) is 0 Å². The van der Waals surface area contributed by atoms with E-state index in [2.05, 4.69) is 13.8 Å². The zero-order valence-electron chi connectivity index (χ0n) is 8.97. The van der Waals surface area contributed by atoms with E-state index in [1.165, 1.54) is 0 Å². The average molecular weight is 198 g/mol. The normalized spacial score (nSPS) is 43.3. The van der Waals surface area contributed by atoms with E-state index in [4.69, 9.17) is 14.2 Å². The maximum Gasteiger partial charge on any atom is 0.173 e. The van der Waals surface area contributed by atoms with Crippen molar-refractivity contribution in [2.45, 2.75) is 44.5 Å². The molecule has 3 fully saturated rings. The van der Waals surface area contributed by atoms with Crippen molar-refractivity contribution in [1.29, 1.82) is 0 Å². The summed E-state index contributed by atoms with van der Waals surface area (Å²) in [6.45, 7) is 6.91. The molecule has 2 heterocycles. The molecular weight excluding hydrogens is 180 g/mol. The average Bonchev–Trinajstić information content (AvgIpc) is 2.69. The number of hydrogen-bond donors (Lipinski definition) is 0. The highest BCUT2D eigenvalue weighted by molar-refractivity contribution is 5.07. The van der Waals surface area contributed by atoms with Crippen LogP contribution >= 0.6 is 0 Å². The van der Waals surface area contributed by atoms with Crippen LogP contribution in [0.25, 0.3) is 0 Å². The van der Waals surface area contributed by atoms with Gasteiger partial charge in [-0.3, -0.25) is 0 Å². The van der Waals surface area contributed by atoms with E-state index in [9.17, 15) is 0 Å². The summed E-state index contributed by atoms with van der Waals surface area (Å²) in [5, 5.41) is 0. The number of epoxide rings is 1. The maximum absolute atomic E-state index is 5.84. The lowest BCUT2D eigenvalue weighted by molar-refractivity contribution is -0.253. The maximum atomic E-state index is 5.84. The van der Waals surface area contributed by atoms with E-state index in [1.54, 1.807) is 0 Å². The summed E-state index contributed by atoms with van der Waals surface area (Å²) in [6, 6.07) is 0. The van der Waals surface area contributed by atoms with Crippen molar-refractivity contribution >= 4 is 0 Å². The second-order valence-electron chi connectivity index (χ2n) is 5.48. The largest absolute Gasteiger partial charge is 0.370 e. The SMILES string of the molecule is CC1(C)CC2(CCC13OCCO3)CO2. The molecule has 0 radical (unpaired) electrons. The van der Waals surface area contributed by atoms with Crippen molar-refractivity contribution in [3.63, 3.8) is 0 Å². The molecule has 1 atom stereocenters. The van der Waals surface area contributed by atoms with Crippen molar-refractivity contribution in [2.75, 3.05) is 19.8 Å². The minimum absolute atomic E-state index is 0.0816. The summed E-state index contributed by atoms with van der Waals surface area (Å²) in [7, 11) is 0. The molecule has 2 saturated heterocycles. The fourth-order valence-corrected chi connectivity index (χ4v) is 3.10. The van der Waals surface area contributed by atoms with Gasteiger partial charge >= 0.3 is 0 Å². The minimum atomic E-state index is -0.315. The Bertz CT molecular complexity index is 249. The van der Waals surface area contributed by atoms with Crippen LogP contribution < -0.4 is 0 Å². The summed E-state index contributed by atoms with van der Waals surface area (Å²) >= 11 is 0. The number of ether oxygens (including phenoxy) is 3. The Kier molecular flexibility index (Phi) is 1.64. The molecule has 14 heavy (non-hydrogen) atoms. The Morgan fingerprint density at radius 3 is 2.07 bits per heavy atom. The smallest absolute Gasteiger partial charge is 0.173 e. The minimum Gasteiger partial charge on any atom is -0.370 e. The Balaban J connectivity index is 1.86. The Morgan fingerprint density at radius 2 is 1.57 bits per heavy atom. The lowest BCUT2D eigenvalue weighted by atomic mass is 9.67. The van der Waals surface area contributed by atoms with Crippen LogP contribution in [-0.2, 0) is 14.2 Å². The van der Waals surface area contributed by atoms with Gasteiger partial charge in [0.15, 0.2) is 5.79 Å². The van der Waals surface area contributed by atoms with E-state index >= 15 is 0 Å². The lowest BCUT2D eigenvalue weighted by Crippen LogP contribution is -2.52. The van der Waals surface area contributed by atoms with E-state index in [-0.39, 0.29) is 16.8 Å². The van der Waals surface area contributed by atoms with Gasteiger partial charge in [-0.2, -0.15) is 0 Å². The highest BCUT2D eigenvalue weighted by atomic mass is 16.7. The topological polar surface area (TPSA) is 31.0 Å². The third kappa shape index (κ3) is 1.09. The van der Waals surface area contributed by atoms with Crippen molar-refractivity contribution in [2.24, 2.45) is 5.41 Å². The molecule has 0 aromatic heterocycles. The third-order valence-electron chi connectivity index (χ3n) is 4.01. The van der Waals surface area contributed by atoms with Gasteiger partial charge in [-0.1, -0.05) is 13.8 Å². The first-order valence-electron chi connectivity index (χ1n) is 5.50. The van der Waals surface area contributed by atoms with Gasteiger partial charge < -0.3 is 14.2 Å². The van der Waals surface area contributed by atoms with Gasteiger partial charge in [0.2, 0.25) is 0 Å². The predicted molar refractivity (Wildman–Crippen MR) is 51.0 cm³/mol. The summed E-state index contributed by atoms with van der Waals surface area (Å²) in [5.41, 5.74) is 0.266. The Morgan fingerprint density at radius 1 is 0.929 bits per heavy atom. The summed E-state index contributed by atoms with van der Waals surface area (Å²) in [5.74, 6) is -0.315. The molecule has 3 nitrogen and oxygen atoms in total.